The van der Waals surface area contributed by atoms with E-state index in [-0.39, 0.29) is 5.91 Å². The number of hydrazine groups is 1. The molecule has 0 aliphatic heterocycles. The number of para-hydroxylation sites is 2. The molecule has 3 aromatic rings. The van der Waals surface area contributed by atoms with Crippen LogP contribution in [0.1, 0.15) is 23.3 Å². The second kappa shape index (κ2) is 7.77. The molecule has 8 heteroatoms. The summed E-state index contributed by atoms with van der Waals surface area (Å²) in [6.45, 7) is 1.73. The normalized spacial score (nSPS) is 11.7. The van der Waals surface area contributed by atoms with Crippen LogP contribution in [0.4, 0.5) is 0 Å². The van der Waals surface area contributed by atoms with Gasteiger partial charge in [0.1, 0.15) is 6.04 Å². The van der Waals surface area contributed by atoms with E-state index in [0.29, 0.717) is 17.1 Å². The van der Waals surface area contributed by atoms with Crippen LogP contribution in [0.15, 0.2) is 48.8 Å². The first-order valence-electron chi connectivity index (χ1n) is 8.29. The maximum atomic E-state index is 12.4. The molecule has 0 saturated heterocycles. The number of carbonyl (C=O) groups excluding carboxylic acids is 2. The van der Waals surface area contributed by atoms with E-state index in [4.69, 9.17) is 9.47 Å². The van der Waals surface area contributed by atoms with Gasteiger partial charge in [-0.3, -0.25) is 20.4 Å². The van der Waals surface area contributed by atoms with Gasteiger partial charge in [-0.1, -0.05) is 12.1 Å². The lowest BCUT2D eigenvalue weighted by molar-refractivity contribution is -0.124. The third-order valence-corrected chi connectivity index (χ3v) is 4.22. The van der Waals surface area contributed by atoms with E-state index in [0.717, 1.165) is 11.0 Å². The quantitative estimate of drug-likeness (QED) is 0.673. The lowest BCUT2D eigenvalue weighted by Crippen LogP contribution is -2.44. The molecule has 0 aliphatic rings. The minimum atomic E-state index is -0.553. The van der Waals surface area contributed by atoms with Crippen molar-refractivity contribution in [3.05, 3.63) is 54.4 Å². The predicted molar refractivity (Wildman–Crippen MR) is 99.6 cm³/mol. The molecular weight excluding hydrogens is 348 g/mol. The van der Waals surface area contributed by atoms with Gasteiger partial charge in [0.25, 0.3) is 11.8 Å². The molecule has 8 nitrogen and oxygen atoms in total. The number of aromatic nitrogens is 2. The van der Waals surface area contributed by atoms with Crippen LogP contribution in [-0.4, -0.2) is 35.6 Å². The number of ether oxygens (including phenoxy) is 2. The minimum Gasteiger partial charge on any atom is -0.493 e. The number of imidazole rings is 1. The van der Waals surface area contributed by atoms with Crippen LogP contribution in [0, 0.1) is 0 Å². The average Bonchev–Trinajstić information content (AvgIpc) is 3.14. The summed E-state index contributed by atoms with van der Waals surface area (Å²) in [5.41, 5.74) is 6.81. The number of hydrogen-bond donors (Lipinski definition) is 2. The van der Waals surface area contributed by atoms with Crippen molar-refractivity contribution in [3.8, 4) is 11.5 Å². The van der Waals surface area contributed by atoms with Gasteiger partial charge in [-0.25, -0.2) is 4.98 Å². The zero-order valence-electron chi connectivity index (χ0n) is 15.2. The maximum absolute atomic E-state index is 12.4. The molecule has 27 heavy (non-hydrogen) atoms. The number of nitrogens with one attached hydrogen (secondary N) is 2. The molecule has 2 aromatic carbocycles. The number of nitrogens with zero attached hydrogens (tertiary/aromatic N) is 2. The number of fused-ring (bicyclic) bond motifs is 1. The monoisotopic (exact) mass is 368 g/mol. The van der Waals surface area contributed by atoms with Gasteiger partial charge in [-0.2, -0.15) is 0 Å². The van der Waals surface area contributed by atoms with Crippen molar-refractivity contribution in [2.24, 2.45) is 0 Å². The topological polar surface area (TPSA) is 94.5 Å². The van der Waals surface area contributed by atoms with Gasteiger partial charge >= 0.3 is 0 Å². The van der Waals surface area contributed by atoms with Crippen LogP contribution < -0.4 is 20.3 Å². The Bertz CT molecular complexity index is 983. The third-order valence-electron chi connectivity index (χ3n) is 4.22. The van der Waals surface area contributed by atoms with E-state index >= 15 is 0 Å². The van der Waals surface area contributed by atoms with E-state index in [1.54, 1.807) is 30.0 Å². The van der Waals surface area contributed by atoms with E-state index < -0.39 is 11.9 Å². The van der Waals surface area contributed by atoms with Gasteiger partial charge in [0, 0.05) is 5.56 Å². The van der Waals surface area contributed by atoms with Crippen molar-refractivity contribution in [1.82, 2.24) is 20.4 Å². The Kier molecular flexibility index (Phi) is 5.25. The van der Waals surface area contributed by atoms with Crippen LogP contribution in [0.3, 0.4) is 0 Å². The van der Waals surface area contributed by atoms with E-state index in [1.807, 2.05) is 24.3 Å². The zero-order valence-corrected chi connectivity index (χ0v) is 15.2. The number of hydrogen-bond acceptors (Lipinski definition) is 5. The Labute approximate surface area is 156 Å². The summed E-state index contributed by atoms with van der Waals surface area (Å²) in [5, 5.41) is 0. The molecule has 1 unspecified atom stereocenters. The van der Waals surface area contributed by atoms with Crippen LogP contribution in [0.25, 0.3) is 11.0 Å². The molecule has 1 atom stereocenters. The molecule has 0 spiro atoms. The van der Waals surface area contributed by atoms with Crippen LogP contribution in [0.2, 0.25) is 0 Å². The molecule has 1 heterocycles. The molecule has 0 radical (unpaired) electrons. The Hall–Kier alpha value is -3.55. The van der Waals surface area contributed by atoms with Gasteiger partial charge < -0.3 is 14.0 Å². The molecular formula is C19H20N4O4. The molecule has 1 aromatic heterocycles. The second-order valence-corrected chi connectivity index (χ2v) is 5.83. The number of rotatable bonds is 5. The summed E-state index contributed by atoms with van der Waals surface area (Å²) in [4.78, 5) is 29.0. The molecule has 2 amide bonds. The summed E-state index contributed by atoms with van der Waals surface area (Å²) in [6.07, 6.45) is 1.60. The van der Waals surface area contributed by atoms with Gasteiger partial charge in [-0.05, 0) is 37.3 Å². The molecule has 140 valence electrons. The predicted octanol–water partition coefficient (Wildman–Crippen LogP) is 2.08. The van der Waals surface area contributed by atoms with E-state index in [1.165, 1.54) is 20.3 Å². The number of carbonyl (C=O) groups is 2. The van der Waals surface area contributed by atoms with Crippen molar-refractivity contribution in [1.29, 1.82) is 0 Å². The fraction of sp³-hybridized carbons (Fsp3) is 0.211. The molecule has 2 N–H and O–H groups in total. The zero-order chi connectivity index (χ0) is 19.4. The average molecular weight is 368 g/mol. The first kappa shape index (κ1) is 18.2. The van der Waals surface area contributed by atoms with Crippen molar-refractivity contribution in [3.63, 3.8) is 0 Å². The van der Waals surface area contributed by atoms with Crippen molar-refractivity contribution < 1.29 is 19.1 Å². The number of methoxy groups -OCH3 is 2. The highest BCUT2D eigenvalue weighted by atomic mass is 16.5. The van der Waals surface area contributed by atoms with E-state index in [9.17, 15) is 9.59 Å². The molecule has 0 bridgehead atoms. The summed E-state index contributed by atoms with van der Waals surface area (Å²) in [7, 11) is 3.00. The van der Waals surface area contributed by atoms with Gasteiger partial charge in [0.2, 0.25) is 0 Å². The molecule has 0 fully saturated rings. The smallest absolute Gasteiger partial charge is 0.269 e. The SMILES string of the molecule is COc1ccc(C(=O)NNC(=O)C(C)n2cnc3ccccc32)cc1OC. The van der Waals surface area contributed by atoms with Crippen LogP contribution in [0.5, 0.6) is 11.5 Å². The van der Waals surface area contributed by atoms with Crippen molar-refractivity contribution >= 4 is 22.8 Å². The highest BCUT2D eigenvalue weighted by molar-refractivity contribution is 5.96. The summed E-state index contributed by atoms with van der Waals surface area (Å²) >= 11 is 0. The minimum absolute atomic E-state index is 0.327. The van der Waals surface area contributed by atoms with Crippen molar-refractivity contribution in [2.75, 3.05) is 14.2 Å². The van der Waals surface area contributed by atoms with Gasteiger partial charge in [-0.15, -0.1) is 0 Å². The highest BCUT2D eigenvalue weighted by Gasteiger charge is 2.18. The van der Waals surface area contributed by atoms with Crippen molar-refractivity contribution in [2.45, 2.75) is 13.0 Å². The van der Waals surface area contributed by atoms with E-state index in [2.05, 4.69) is 15.8 Å². The fourth-order valence-electron chi connectivity index (χ4n) is 2.69. The van der Waals surface area contributed by atoms with Crippen LogP contribution >= 0.6 is 0 Å². The second-order valence-electron chi connectivity index (χ2n) is 5.83. The van der Waals surface area contributed by atoms with Crippen LogP contribution in [-0.2, 0) is 4.79 Å². The first-order valence-corrected chi connectivity index (χ1v) is 8.29. The molecule has 0 saturated carbocycles. The molecule has 0 aliphatic carbocycles. The lowest BCUT2D eigenvalue weighted by atomic mass is 10.2. The summed E-state index contributed by atoms with van der Waals surface area (Å²) in [5.74, 6) is 0.104. The molecule has 3 rings (SSSR count). The summed E-state index contributed by atoms with van der Waals surface area (Å²) < 4.78 is 12.1. The Morgan fingerprint density at radius 2 is 1.78 bits per heavy atom. The standard InChI is InChI=1S/C19H20N4O4/c1-12(23-11-20-14-6-4-5-7-15(14)23)18(24)21-22-19(25)13-8-9-16(26-2)17(10-13)27-3/h4-12H,1-3H3,(H,21,24)(H,22,25). The largest absolute Gasteiger partial charge is 0.493 e. The Morgan fingerprint density at radius 3 is 2.52 bits per heavy atom. The maximum Gasteiger partial charge on any atom is 0.269 e. The van der Waals surface area contributed by atoms with Gasteiger partial charge in [0.05, 0.1) is 31.6 Å². The lowest BCUT2D eigenvalue weighted by Gasteiger charge is -2.15. The Morgan fingerprint density at radius 1 is 1.04 bits per heavy atom. The van der Waals surface area contributed by atoms with Gasteiger partial charge in [0.15, 0.2) is 11.5 Å². The highest BCUT2D eigenvalue weighted by Crippen LogP contribution is 2.27. The first-order chi connectivity index (χ1) is 13.0. The Balaban J connectivity index is 1.67. The summed E-state index contributed by atoms with van der Waals surface area (Å²) in [6, 6.07) is 11.7. The third kappa shape index (κ3) is 3.69. The number of amides is 2. The fourth-order valence-corrected chi connectivity index (χ4v) is 2.69. The number of benzene rings is 2.